The second-order valence-corrected chi connectivity index (χ2v) is 5.63. The van der Waals surface area contributed by atoms with Gasteiger partial charge < -0.3 is 20.3 Å². The molecule has 0 saturated carbocycles. The van der Waals surface area contributed by atoms with Crippen molar-refractivity contribution in [3.63, 3.8) is 0 Å². The first-order valence-corrected chi connectivity index (χ1v) is 7.49. The van der Waals surface area contributed by atoms with E-state index >= 15 is 0 Å². The number of nitrogens with zero attached hydrogens (tertiary/aromatic N) is 1. The molecule has 2 rings (SSSR count). The lowest BCUT2D eigenvalue weighted by Crippen LogP contribution is -2.57. The number of hydrogen-bond acceptors (Lipinski definition) is 4. The molecule has 0 bridgehead atoms. The van der Waals surface area contributed by atoms with Gasteiger partial charge in [0, 0.05) is 26.2 Å². The van der Waals surface area contributed by atoms with Crippen LogP contribution >= 0.6 is 24.8 Å². The van der Waals surface area contributed by atoms with Gasteiger partial charge in [-0.1, -0.05) is 6.92 Å². The van der Waals surface area contributed by atoms with Crippen molar-refractivity contribution in [2.45, 2.75) is 44.2 Å². The molecule has 5 nitrogen and oxygen atoms in total. The fourth-order valence-electron chi connectivity index (χ4n) is 3.06. The lowest BCUT2D eigenvalue weighted by Gasteiger charge is -2.38. The van der Waals surface area contributed by atoms with Crippen molar-refractivity contribution >= 4 is 30.7 Å². The Morgan fingerprint density at radius 2 is 1.86 bits per heavy atom. The zero-order valence-electron chi connectivity index (χ0n) is 13.0. The maximum Gasteiger partial charge on any atom is 0.252 e. The highest BCUT2D eigenvalue weighted by Gasteiger charge is 2.40. The lowest BCUT2D eigenvalue weighted by atomic mass is 9.90. The van der Waals surface area contributed by atoms with Gasteiger partial charge in [-0.2, -0.15) is 0 Å². The number of likely N-dealkylation sites (tertiary alicyclic amines) is 1. The maximum atomic E-state index is 12.5. The number of halogens is 2. The number of methoxy groups -OCH3 is 1. The Balaban J connectivity index is 0.00000200. The van der Waals surface area contributed by atoms with Gasteiger partial charge in [-0.25, -0.2) is 0 Å². The van der Waals surface area contributed by atoms with E-state index in [2.05, 4.69) is 22.5 Å². The van der Waals surface area contributed by atoms with Gasteiger partial charge >= 0.3 is 0 Å². The molecule has 1 amide bonds. The van der Waals surface area contributed by atoms with Crippen molar-refractivity contribution in [2.24, 2.45) is 0 Å². The molecular formula is C14H29Cl2N3O2. The highest BCUT2D eigenvalue weighted by molar-refractivity contribution is 5.86. The summed E-state index contributed by atoms with van der Waals surface area (Å²) in [6.07, 6.45) is 3.64. The highest BCUT2D eigenvalue weighted by atomic mass is 35.5. The third-order valence-electron chi connectivity index (χ3n) is 4.59. The Morgan fingerprint density at radius 1 is 1.29 bits per heavy atom. The van der Waals surface area contributed by atoms with Crippen molar-refractivity contribution in [3.8, 4) is 0 Å². The minimum Gasteiger partial charge on any atom is -0.368 e. The number of amides is 1. The van der Waals surface area contributed by atoms with E-state index in [4.69, 9.17) is 4.74 Å². The van der Waals surface area contributed by atoms with Crippen molar-refractivity contribution in [3.05, 3.63) is 0 Å². The molecule has 2 heterocycles. The van der Waals surface area contributed by atoms with Crippen LogP contribution in [0.25, 0.3) is 0 Å². The van der Waals surface area contributed by atoms with Crippen molar-refractivity contribution < 1.29 is 9.53 Å². The average Bonchev–Trinajstić information content (AvgIpc) is 2.48. The summed E-state index contributed by atoms with van der Waals surface area (Å²) in [5.74, 6) is 0.0893. The highest BCUT2D eigenvalue weighted by Crippen LogP contribution is 2.23. The van der Waals surface area contributed by atoms with E-state index < -0.39 is 5.60 Å². The monoisotopic (exact) mass is 341 g/mol. The summed E-state index contributed by atoms with van der Waals surface area (Å²) in [5.41, 5.74) is -0.604. The number of carbonyl (C=O) groups is 1. The van der Waals surface area contributed by atoms with Gasteiger partial charge in [0.05, 0.1) is 0 Å². The lowest BCUT2D eigenvalue weighted by molar-refractivity contribution is -0.147. The molecule has 0 radical (unpaired) electrons. The smallest absolute Gasteiger partial charge is 0.252 e. The van der Waals surface area contributed by atoms with E-state index in [1.54, 1.807) is 7.11 Å². The van der Waals surface area contributed by atoms with Crippen LogP contribution in [-0.4, -0.2) is 62.3 Å². The molecular weight excluding hydrogens is 313 g/mol. The molecule has 0 aromatic rings. The molecule has 0 atom stereocenters. The van der Waals surface area contributed by atoms with Crippen LogP contribution in [0.2, 0.25) is 0 Å². The van der Waals surface area contributed by atoms with Crippen LogP contribution in [0.3, 0.4) is 0 Å². The van der Waals surface area contributed by atoms with Crippen LogP contribution in [0.1, 0.15) is 32.6 Å². The predicted octanol–water partition coefficient (Wildman–Crippen LogP) is 1.20. The molecule has 126 valence electrons. The molecule has 7 heteroatoms. The molecule has 2 N–H and O–H groups in total. The predicted molar refractivity (Wildman–Crippen MR) is 89.6 cm³/mol. The van der Waals surface area contributed by atoms with Gasteiger partial charge in [-0.3, -0.25) is 4.79 Å². The second-order valence-electron chi connectivity index (χ2n) is 5.63. The Hall–Kier alpha value is -0.0700. The Bertz CT molecular complexity index is 305. The van der Waals surface area contributed by atoms with E-state index in [0.29, 0.717) is 6.04 Å². The summed E-state index contributed by atoms with van der Waals surface area (Å²) >= 11 is 0. The van der Waals surface area contributed by atoms with Gasteiger partial charge in [0.1, 0.15) is 5.60 Å². The zero-order chi connectivity index (χ0) is 13.7. The van der Waals surface area contributed by atoms with Crippen LogP contribution in [0.5, 0.6) is 0 Å². The Kier molecular flexibility index (Phi) is 9.81. The summed E-state index contributed by atoms with van der Waals surface area (Å²) in [4.78, 5) is 14.9. The molecule has 2 fully saturated rings. The molecule has 2 saturated heterocycles. The van der Waals surface area contributed by atoms with Crippen LogP contribution in [0, 0.1) is 0 Å². The Labute approximate surface area is 140 Å². The third-order valence-corrected chi connectivity index (χ3v) is 4.59. The van der Waals surface area contributed by atoms with Gasteiger partial charge in [0.25, 0.3) is 5.91 Å². The number of nitrogens with one attached hydrogen (secondary N) is 2. The van der Waals surface area contributed by atoms with Crippen molar-refractivity contribution in [1.82, 2.24) is 15.5 Å². The SMILES string of the molecule is CCN1CCC(NC(=O)C2(OC)CCNCC2)CC1.Cl.Cl. The quantitative estimate of drug-likeness (QED) is 0.806. The zero-order valence-corrected chi connectivity index (χ0v) is 14.7. The van der Waals surface area contributed by atoms with Gasteiger partial charge in [0.2, 0.25) is 0 Å². The molecule has 2 aliphatic heterocycles. The van der Waals surface area contributed by atoms with E-state index in [-0.39, 0.29) is 30.7 Å². The summed E-state index contributed by atoms with van der Waals surface area (Å²) in [6.45, 7) is 7.18. The number of carbonyl (C=O) groups excluding carboxylic acids is 1. The first-order valence-electron chi connectivity index (χ1n) is 7.49. The first kappa shape index (κ1) is 20.9. The van der Waals surface area contributed by atoms with Gasteiger partial charge in [-0.05, 0) is 45.3 Å². The van der Waals surface area contributed by atoms with E-state index in [0.717, 1.165) is 58.4 Å². The Morgan fingerprint density at radius 3 is 2.33 bits per heavy atom. The van der Waals surface area contributed by atoms with E-state index in [9.17, 15) is 4.79 Å². The fraction of sp³-hybridized carbons (Fsp3) is 0.929. The fourth-order valence-corrected chi connectivity index (χ4v) is 3.06. The van der Waals surface area contributed by atoms with Crippen molar-refractivity contribution in [2.75, 3.05) is 39.8 Å². The molecule has 0 aromatic heterocycles. The minimum absolute atomic E-state index is 0. The van der Waals surface area contributed by atoms with Crippen LogP contribution in [0.4, 0.5) is 0 Å². The molecule has 21 heavy (non-hydrogen) atoms. The standard InChI is InChI=1S/C14H27N3O2.2ClH/c1-3-17-10-4-12(5-11-17)16-13(18)14(19-2)6-8-15-9-7-14;;/h12,15H,3-11H2,1-2H3,(H,16,18);2*1H. The third kappa shape index (κ3) is 5.25. The van der Waals surface area contributed by atoms with E-state index in [1.807, 2.05) is 0 Å². The number of rotatable bonds is 4. The normalized spacial score (nSPS) is 22.8. The number of hydrogen-bond donors (Lipinski definition) is 2. The van der Waals surface area contributed by atoms with Gasteiger partial charge in [-0.15, -0.1) is 24.8 Å². The second kappa shape index (κ2) is 9.85. The molecule has 2 aliphatic rings. The summed E-state index contributed by atoms with van der Waals surface area (Å²) in [6, 6.07) is 0.317. The summed E-state index contributed by atoms with van der Waals surface area (Å²) in [7, 11) is 1.66. The van der Waals surface area contributed by atoms with Crippen molar-refractivity contribution in [1.29, 1.82) is 0 Å². The summed E-state index contributed by atoms with van der Waals surface area (Å²) in [5, 5.41) is 6.49. The van der Waals surface area contributed by atoms with Crippen LogP contribution in [0.15, 0.2) is 0 Å². The van der Waals surface area contributed by atoms with Crippen LogP contribution < -0.4 is 10.6 Å². The average molecular weight is 342 g/mol. The number of piperidine rings is 2. The largest absolute Gasteiger partial charge is 0.368 e. The molecule has 0 aromatic carbocycles. The van der Waals surface area contributed by atoms with Crippen LogP contribution in [-0.2, 0) is 9.53 Å². The topological polar surface area (TPSA) is 53.6 Å². The molecule has 0 unspecified atom stereocenters. The molecule has 0 aliphatic carbocycles. The van der Waals surface area contributed by atoms with E-state index in [1.165, 1.54) is 0 Å². The van der Waals surface area contributed by atoms with Gasteiger partial charge in [0.15, 0.2) is 0 Å². The first-order chi connectivity index (χ1) is 9.20. The number of ether oxygens (including phenoxy) is 1. The summed E-state index contributed by atoms with van der Waals surface area (Å²) < 4.78 is 5.56. The minimum atomic E-state index is -0.604. The maximum absolute atomic E-state index is 12.5. The molecule has 0 spiro atoms.